The van der Waals surface area contributed by atoms with Gasteiger partial charge in [0, 0.05) is 28.5 Å². The van der Waals surface area contributed by atoms with E-state index in [1.165, 1.54) is 0 Å². The zero-order valence-electron chi connectivity index (χ0n) is 17.2. The van der Waals surface area contributed by atoms with Crippen LogP contribution in [0.3, 0.4) is 0 Å². The fourth-order valence-corrected chi connectivity index (χ4v) is 3.03. The second-order valence-corrected chi connectivity index (χ2v) is 7.42. The molecule has 8 heteroatoms. The number of hydrazone groups is 1. The Balaban J connectivity index is 1.36. The number of amides is 1. The Bertz CT molecular complexity index is 1220. The lowest BCUT2D eigenvalue weighted by molar-refractivity contribution is 0.0950. The van der Waals surface area contributed by atoms with E-state index in [0.29, 0.717) is 28.7 Å². The number of pyridine rings is 1. The molecular formula is C24H20ClN5O2. The molecule has 0 spiro atoms. The summed E-state index contributed by atoms with van der Waals surface area (Å²) in [4.78, 5) is 16.4. The van der Waals surface area contributed by atoms with Gasteiger partial charge in [0.15, 0.2) is 0 Å². The molecule has 2 aromatic heterocycles. The molecule has 0 saturated carbocycles. The van der Waals surface area contributed by atoms with Crippen LogP contribution in [0.25, 0.3) is 11.3 Å². The minimum atomic E-state index is -0.375. The minimum Gasteiger partial charge on any atom is -0.489 e. The van der Waals surface area contributed by atoms with Gasteiger partial charge in [-0.25, -0.2) is 5.43 Å². The van der Waals surface area contributed by atoms with Crippen molar-refractivity contribution >= 4 is 23.2 Å². The van der Waals surface area contributed by atoms with Crippen LogP contribution in [0.15, 0.2) is 84.2 Å². The number of halogens is 1. The molecule has 0 atom stereocenters. The Morgan fingerprint density at radius 1 is 1.06 bits per heavy atom. The van der Waals surface area contributed by atoms with Crippen molar-refractivity contribution in [2.75, 3.05) is 0 Å². The van der Waals surface area contributed by atoms with Crippen molar-refractivity contribution < 1.29 is 9.53 Å². The normalized spacial score (nSPS) is 11.2. The van der Waals surface area contributed by atoms with Crippen LogP contribution >= 0.6 is 11.6 Å². The zero-order valence-corrected chi connectivity index (χ0v) is 18.0. The summed E-state index contributed by atoms with van der Waals surface area (Å²) in [6.07, 6.45) is 3.34. The molecule has 0 saturated heterocycles. The number of H-pyrrole nitrogens is 1. The molecule has 0 unspecified atom stereocenters. The Hall–Kier alpha value is -3.97. The van der Waals surface area contributed by atoms with E-state index >= 15 is 0 Å². The summed E-state index contributed by atoms with van der Waals surface area (Å²) in [5, 5.41) is 11.8. The summed E-state index contributed by atoms with van der Waals surface area (Å²) in [6.45, 7) is 2.26. The Kier molecular flexibility index (Phi) is 6.57. The van der Waals surface area contributed by atoms with Gasteiger partial charge in [-0.05, 0) is 67.1 Å². The maximum absolute atomic E-state index is 12.4. The second kappa shape index (κ2) is 9.89. The van der Waals surface area contributed by atoms with Gasteiger partial charge in [-0.2, -0.15) is 10.2 Å². The number of aromatic nitrogens is 3. The molecule has 0 radical (unpaired) electrons. The predicted molar refractivity (Wildman–Crippen MR) is 124 cm³/mol. The number of carbonyl (C=O) groups is 1. The molecule has 0 aliphatic rings. The lowest BCUT2D eigenvalue weighted by Crippen LogP contribution is -2.19. The minimum absolute atomic E-state index is 0.314. The second-order valence-electron chi connectivity index (χ2n) is 6.98. The van der Waals surface area contributed by atoms with Gasteiger partial charge in [0.25, 0.3) is 5.91 Å². The Morgan fingerprint density at radius 3 is 2.50 bits per heavy atom. The van der Waals surface area contributed by atoms with Crippen LogP contribution in [0, 0.1) is 0 Å². The third-order valence-corrected chi connectivity index (χ3v) is 4.97. The zero-order chi connectivity index (χ0) is 22.3. The number of carbonyl (C=O) groups excluding carboxylic acids is 1. The first-order valence-corrected chi connectivity index (χ1v) is 10.2. The van der Waals surface area contributed by atoms with E-state index in [1.807, 2.05) is 67.6 Å². The molecule has 7 nitrogen and oxygen atoms in total. The van der Waals surface area contributed by atoms with Crippen molar-refractivity contribution in [3.05, 3.63) is 101 Å². The third-order valence-electron chi connectivity index (χ3n) is 4.71. The van der Waals surface area contributed by atoms with Crippen LogP contribution in [0.5, 0.6) is 5.75 Å². The number of rotatable bonds is 7. The van der Waals surface area contributed by atoms with Crippen LogP contribution in [0.4, 0.5) is 0 Å². The lowest BCUT2D eigenvalue weighted by Gasteiger charge is -2.07. The Labute approximate surface area is 190 Å². The number of nitrogens with zero attached hydrogens (tertiary/aromatic N) is 3. The first kappa shape index (κ1) is 21.3. The van der Waals surface area contributed by atoms with E-state index in [0.717, 1.165) is 22.4 Å². The molecule has 0 bridgehead atoms. The highest BCUT2D eigenvalue weighted by atomic mass is 35.5. The molecule has 0 aliphatic carbocycles. The molecule has 2 aromatic carbocycles. The van der Waals surface area contributed by atoms with E-state index < -0.39 is 0 Å². The highest BCUT2D eigenvalue weighted by molar-refractivity contribution is 6.30. The average molecular weight is 446 g/mol. The Morgan fingerprint density at radius 2 is 1.78 bits per heavy atom. The molecular weight excluding hydrogens is 426 g/mol. The summed E-state index contributed by atoms with van der Waals surface area (Å²) in [5.74, 6) is 0.359. The van der Waals surface area contributed by atoms with Crippen LogP contribution in [0.2, 0.25) is 5.02 Å². The van der Waals surface area contributed by atoms with Crippen LogP contribution in [-0.2, 0) is 6.61 Å². The van der Waals surface area contributed by atoms with Crippen molar-refractivity contribution in [1.82, 2.24) is 20.6 Å². The first-order chi connectivity index (χ1) is 15.6. The smallest absolute Gasteiger partial charge is 0.289 e. The predicted octanol–water partition coefficient (Wildman–Crippen LogP) is 4.86. The number of ether oxygens (including phenoxy) is 1. The van der Waals surface area contributed by atoms with Crippen molar-refractivity contribution in [2.24, 2.45) is 5.10 Å². The van der Waals surface area contributed by atoms with Crippen LogP contribution in [0.1, 0.15) is 28.5 Å². The summed E-state index contributed by atoms with van der Waals surface area (Å²) in [7, 11) is 0. The van der Waals surface area contributed by atoms with E-state index in [-0.39, 0.29) is 5.91 Å². The van der Waals surface area contributed by atoms with Crippen LogP contribution in [-0.4, -0.2) is 26.8 Å². The monoisotopic (exact) mass is 445 g/mol. The fourth-order valence-electron chi connectivity index (χ4n) is 2.91. The van der Waals surface area contributed by atoms with Gasteiger partial charge in [0.1, 0.15) is 18.1 Å². The fraction of sp³-hybridized carbons (Fsp3) is 0.0833. The van der Waals surface area contributed by atoms with Gasteiger partial charge in [-0.15, -0.1) is 0 Å². The number of hydrogen-bond donors (Lipinski definition) is 2. The molecule has 2 N–H and O–H groups in total. The topological polar surface area (TPSA) is 92.3 Å². The summed E-state index contributed by atoms with van der Waals surface area (Å²) in [5.41, 5.74) is 6.94. The van der Waals surface area contributed by atoms with E-state index in [2.05, 4.69) is 25.7 Å². The molecule has 4 rings (SSSR count). The SMILES string of the molecule is CC(=NNC(=O)c1cc(-c2ccc(OCc3ccc(Cl)cc3)cc2)n[nH]1)c1ccncc1. The van der Waals surface area contributed by atoms with Gasteiger partial charge < -0.3 is 4.74 Å². The maximum Gasteiger partial charge on any atom is 0.289 e. The quantitative estimate of drug-likeness (QED) is 0.314. The lowest BCUT2D eigenvalue weighted by atomic mass is 10.1. The summed E-state index contributed by atoms with van der Waals surface area (Å²) in [6, 6.07) is 20.3. The van der Waals surface area contributed by atoms with E-state index in [1.54, 1.807) is 18.5 Å². The molecule has 0 fully saturated rings. The molecule has 2 heterocycles. The van der Waals surface area contributed by atoms with Gasteiger partial charge in [-0.3, -0.25) is 14.9 Å². The van der Waals surface area contributed by atoms with E-state index in [9.17, 15) is 4.79 Å². The molecule has 32 heavy (non-hydrogen) atoms. The van der Waals surface area contributed by atoms with Gasteiger partial charge in [0.2, 0.25) is 0 Å². The van der Waals surface area contributed by atoms with Crippen LogP contribution < -0.4 is 10.2 Å². The molecule has 0 aliphatic heterocycles. The highest BCUT2D eigenvalue weighted by Gasteiger charge is 2.11. The first-order valence-electron chi connectivity index (χ1n) is 9.86. The third kappa shape index (κ3) is 5.39. The van der Waals surface area contributed by atoms with Gasteiger partial charge in [-0.1, -0.05) is 23.7 Å². The highest BCUT2D eigenvalue weighted by Crippen LogP contribution is 2.22. The van der Waals surface area contributed by atoms with Crippen molar-refractivity contribution in [3.8, 4) is 17.0 Å². The number of hydrogen-bond acceptors (Lipinski definition) is 5. The van der Waals surface area contributed by atoms with Crippen molar-refractivity contribution in [2.45, 2.75) is 13.5 Å². The maximum atomic E-state index is 12.4. The summed E-state index contributed by atoms with van der Waals surface area (Å²) < 4.78 is 5.80. The number of benzene rings is 2. The average Bonchev–Trinajstić information content (AvgIpc) is 3.33. The van der Waals surface area contributed by atoms with Crippen molar-refractivity contribution in [1.29, 1.82) is 0 Å². The van der Waals surface area contributed by atoms with E-state index in [4.69, 9.17) is 16.3 Å². The standard InChI is InChI=1S/C24H20ClN5O2/c1-16(18-10-12-26-13-11-18)27-30-24(31)23-14-22(28-29-23)19-4-8-21(9-5-19)32-15-17-2-6-20(25)7-3-17/h2-14H,15H2,1H3,(H,28,29)(H,30,31). The molecule has 160 valence electrons. The summed E-state index contributed by atoms with van der Waals surface area (Å²) >= 11 is 5.90. The number of nitrogens with one attached hydrogen (secondary N) is 2. The van der Waals surface area contributed by atoms with Gasteiger partial charge in [0.05, 0.1) is 11.4 Å². The molecule has 4 aromatic rings. The largest absolute Gasteiger partial charge is 0.489 e. The van der Waals surface area contributed by atoms with Gasteiger partial charge >= 0.3 is 0 Å². The number of aromatic amines is 1. The van der Waals surface area contributed by atoms with Crippen molar-refractivity contribution in [3.63, 3.8) is 0 Å². The molecule has 1 amide bonds.